The topological polar surface area (TPSA) is 93.8 Å². The third kappa shape index (κ3) is 4.40. The molecule has 0 aromatic carbocycles. The van der Waals surface area contributed by atoms with Gasteiger partial charge in [0.1, 0.15) is 0 Å². The Morgan fingerprint density at radius 3 is 2.48 bits per heavy atom. The lowest BCUT2D eigenvalue weighted by Crippen LogP contribution is -1.98. The molecule has 1 N–H and O–H groups in total. The smallest absolute Gasteiger partial charge is 0.261 e. The number of aryl methyl sites for hydroxylation is 1. The van der Waals surface area contributed by atoms with Crippen LogP contribution in [0.4, 0.5) is 0 Å². The predicted octanol–water partition coefficient (Wildman–Crippen LogP) is 1.68. The Bertz CT molecular complexity index is 686. The Hall–Kier alpha value is -1.67. The molecule has 1 aliphatic carbocycles. The molecule has 1 aliphatic rings. The van der Waals surface area contributed by atoms with Crippen LogP contribution in [0.15, 0.2) is 12.4 Å². The van der Waals surface area contributed by atoms with Gasteiger partial charge in [-0.15, -0.1) is 0 Å². The second-order valence-corrected chi connectivity index (χ2v) is 6.48. The van der Waals surface area contributed by atoms with Crippen LogP contribution in [0.1, 0.15) is 36.9 Å². The molecule has 0 saturated heterocycles. The van der Waals surface area contributed by atoms with Crippen LogP contribution in [-0.2, 0) is 16.5 Å². The van der Waals surface area contributed by atoms with E-state index in [1.807, 2.05) is 4.40 Å². The molecule has 0 spiro atoms. The Kier molecular flexibility index (Phi) is 4.48. The quantitative estimate of drug-likeness (QED) is 0.867. The van der Waals surface area contributed by atoms with Crippen molar-refractivity contribution in [3.63, 3.8) is 0 Å². The van der Waals surface area contributed by atoms with Crippen molar-refractivity contribution in [2.75, 3.05) is 13.4 Å². The summed E-state index contributed by atoms with van der Waals surface area (Å²) in [4.78, 5) is 8.96. The summed E-state index contributed by atoms with van der Waals surface area (Å²) < 4.78 is 33.1. The molecule has 0 aliphatic heterocycles. The number of nitrogens with zero attached hydrogens (tertiary/aromatic N) is 3. The molecule has 0 amide bonds. The van der Waals surface area contributed by atoms with Gasteiger partial charge in [-0.1, -0.05) is 6.92 Å². The fourth-order valence-corrected chi connectivity index (χ4v) is 1.96. The lowest BCUT2D eigenvalue weighted by molar-refractivity contribution is 0.393. The second kappa shape index (κ2) is 5.98. The van der Waals surface area contributed by atoms with E-state index >= 15 is 0 Å². The minimum atomic E-state index is -3.67. The van der Waals surface area contributed by atoms with Crippen molar-refractivity contribution in [1.82, 2.24) is 14.4 Å². The van der Waals surface area contributed by atoms with Gasteiger partial charge in [0.25, 0.3) is 10.1 Å². The van der Waals surface area contributed by atoms with Crippen molar-refractivity contribution >= 4 is 15.9 Å². The van der Waals surface area contributed by atoms with Crippen LogP contribution < -0.4 is 4.74 Å². The minimum absolute atomic E-state index is 0.665. The summed E-state index contributed by atoms with van der Waals surface area (Å²) in [7, 11) is -2.01. The average molecular weight is 313 g/mol. The average Bonchev–Trinajstić information content (AvgIpc) is 3.15. The third-order valence-electron chi connectivity index (χ3n) is 3.07. The van der Waals surface area contributed by atoms with Gasteiger partial charge in [0.15, 0.2) is 0 Å². The molecule has 8 heteroatoms. The fraction of sp³-hybridized carbons (Fsp3) is 0.538. The van der Waals surface area contributed by atoms with E-state index in [1.165, 1.54) is 18.5 Å². The van der Waals surface area contributed by atoms with Gasteiger partial charge in [-0.25, -0.2) is 4.98 Å². The van der Waals surface area contributed by atoms with E-state index in [1.54, 1.807) is 7.11 Å². The lowest BCUT2D eigenvalue weighted by Gasteiger charge is -2.05. The zero-order chi connectivity index (χ0) is 15.6. The van der Waals surface area contributed by atoms with Crippen LogP contribution in [0.3, 0.4) is 0 Å². The zero-order valence-corrected chi connectivity index (χ0v) is 13.1. The van der Waals surface area contributed by atoms with Crippen molar-refractivity contribution < 1.29 is 17.7 Å². The van der Waals surface area contributed by atoms with Crippen molar-refractivity contribution in [2.24, 2.45) is 0 Å². The maximum absolute atomic E-state index is 9.19. The molecule has 1 saturated carbocycles. The summed E-state index contributed by atoms with van der Waals surface area (Å²) >= 11 is 0. The number of imidazole rings is 1. The van der Waals surface area contributed by atoms with Gasteiger partial charge in [0.05, 0.1) is 19.1 Å². The van der Waals surface area contributed by atoms with E-state index in [2.05, 4.69) is 29.3 Å². The largest absolute Gasteiger partial charge is 0.481 e. The van der Waals surface area contributed by atoms with E-state index in [4.69, 9.17) is 9.29 Å². The summed E-state index contributed by atoms with van der Waals surface area (Å²) in [5.74, 6) is 2.11. The first-order valence-corrected chi connectivity index (χ1v) is 8.51. The zero-order valence-electron chi connectivity index (χ0n) is 12.3. The molecule has 21 heavy (non-hydrogen) atoms. The lowest BCUT2D eigenvalue weighted by atomic mass is 10.2. The Morgan fingerprint density at radius 1 is 1.38 bits per heavy atom. The van der Waals surface area contributed by atoms with Crippen LogP contribution in [0.5, 0.6) is 5.88 Å². The Balaban J connectivity index is 0.000000282. The van der Waals surface area contributed by atoms with Gasteiger partial charge in [-0.3, -0.25) is 8.95 Å². The Morgan fingerprint density at radius 2 is 2.00 bits per heavy atom. The number of methoxy groups -OCH3 is 1. The minimum Gasteiger partial charge on any atom is -0.481 e. The second-order valence-electron chi connectivity index (χ2n) is 5.01. The first-order valence-electron chi connectivity index (χ1n) is 6.66. The van der Waals surface area contributed by atoms with E-state index in [0.717, 1.165) is 17.8 Å². The Labute approximate surface area is 123 Å². The van der Waals surface area contributed by atoms with Crippen LogP contribution in [-0.4, -0.2) is 40.7 Å². The van der Waals surface area contributed by atoms with E-state index in [9.17, 15) is 8.42 Å². The van der Waals surface area contributed by atoms with Gasteiger partial charge in [0.2, 0.25) is 11.7 Å². The molecule has 2 heterocycles. The number of fused-ring (bicyclic) bond motifs is 1. The van der Waals surface area contributed by atoms with Crippen molar-refractivity contribution in [1.29, 1.82) is 0 Å². The summed E-state index contributed by atoms with van der Waals surface area (Å²) in [6.07, 6.45) is 8.33. The highest BCUT2D eigenvalue weighted by Gasteiger charge is 2.26. The molecular formula is C13H19N3O4S. The molecule has 2 aromatic heterocycles. The van der Waals surface area contributed by atoms with Gasteiger partial charge in [0, 0.05) is 23.9 Å². The van der Waals surface area contributed by atoms with Gasteiger partial charge < -0.3 is 4.74 Å². The molecule has 0 radical (unpaired) electrons. The standard InChI is InChI=1S/C12H15N3O.CH4O3S/c1-3-8-6-15-7-10(9-4-5-9)13-12(15)14-11(8)16-2;1-5(2,3)4/h6-7,9H,3-5H2,1-2H3;1H3,(H,2,3,4). The van der Waals surface area contributed by atoms with E-state index in [0.29, 0.717) is 18.1 Å². The van der Waals surface area contributed by atoms with Gasteiger partial charge in [-0.2, -0.15) is 13.4 Å². The summed E-state index contributed by atoms with van der Waals surface area (Å²) in [5, 5.41) is 0. The monoisotopic (exact) mass is 313 g/mol. The van der Waals surface area contributed by atoms with E-state index in [-0.39, 0.29) is 0 Å². The number of hydrogen-bond acceptors (Lipinski definition) is 5. The summed E-state index contributed by atoms with van der Waals surface area (Å²) in [6, 6.07) is 0. The molecule has 7 nitrogen and oxygen atoms in total. The molecule has 0 unspecified atom stereocenters. The van der Waals surface area contributed by atoms with Crippen molar-refractivity contribution in [2.45, 2.75) is 32.1 Å². The molecule has 116 valence electrons. The summed E-state index contributed by atoms with van der Waals surface area (Å²) in [5.41, 5.74) is 2.29. The first-order chi connectivity index (χ1) is 9.81. The van der Waals surface area contributed by atoms with Crippen LogP contribution >= 0.6 is 0 Å². The number of aromatic nitrogens is 3. The molecule has 0 atom stereocenters. The third-order valence-corrected chi connectivity index (χ3v) is 3.07. The van der Waals surface area contributed by atoms with E-state index < -0.39 is 10.1 Å². The number of rotatable bonds is 3. The molecule has 2 aromatic rings. The van der Waals surface area contributed by atoms with Crippen LogP contribution in [0, 0.1) is 0 Å². The number of ether oxygens (including phenoxy) is 1. The van der Waals surface area contributed by atoms with Gasteiger partial charge in [-0.05, 0) is 19.3 Å². The normalized spacial score (nSPS) is 14.7. The predicted molar refractivity (Wildman–Crippen MR) is 78.4 cm³/mol. The van der Waals surface area contributed by atoms with Crippen molar-refractivity contribution in [3.8, 4) is 5.88 Å². The SMILES string of the molecule is CCc1cn2cc(C3CC3)nc2nc1OC.CS(=O)(=O)O. The summed E-state index contributed by atoms with van der Waals surface area (Å²) in [6.45, 7) is 2.10. The van der Waals surface area contributed by atoms with Crippen LogP contribution in [0.25, 0.3) is 5.78 Å². The fourth-order valence-electron chi connectivity index (χ4n) is 1.96. The maximum atomic E-state index is 9.19. The highest BCUT2D eigenvalue weighted by atomic mass is 32.2. The maximum Gasteiger partial charge on any atom is 0.261 e. The highest BCUT2D eigenvalue weighted by Crippen LogP contribution is 2.39. The molecule has 0 bridgehead atoms. The highest BCUT2D eigenvalue weighted by molar-refractivity contribution is 7.85. The molecular weight excluding hydrogens is 294 g/mol. The van der Waals surface area contributed by atoms with Gasteiger partial charge >= 0.3 is 0 Å². The molecule has 3 rings (SSSR count). The molecule has 1 fully saturated rings. The van der Waals surface area contributed by atoms with Crippen molar-refractivity contribution in [3.05, 3.63) is 23.7 Å². The first kappa shape index (κ1) is 15.7. The number of hydrogen-bond donors (Lipinski definition) is 1. The van der Waals surface area contributed by atoms with Crippen LogP contribution in [0.2, 0.25) is 0 Å².